The third-order valence-corrected chi connectivity index (χ3v) is 3.13. The summed E-state index contributed by atoms with van der Waals surface area (Å²) in [6.45, 7) is 2.08. The van der Waals surface area contributed by atoms with Gasteiger partial charge < -0.3 is 20.5 Å². The van der Waals surface area contributed by atoms with Crippen LogP contribution >= 0.6 is 11.3 Å². The minimum absolute atomic E-state index is 0.0810. The second kappa shape index (κ2) is 6.92. The molecular weight excluding hydrogens is 258 g/mol. The van der Waals surface area contributed by atoms with Crippen LogP contribution in [0, 0.1) is 6.92 Å². The normalized spacial score (nSPS) is 11.9. The summed E-state index contributed by atoms with van der Waals surface area (Å²) >= 11 is 1.43. The Morgan fingerprint density at radius 3 is 2.83 bits per heavy atom. The quantitative estimate of drug-likeness (QED) is 0.694. The van der Waals surface area contributed by atoms with Crippen LogP contribution in [0.2, 0.25) is 0 Å². The molecule has 1 heterocycles. The lowest BCUT2D eigenvalue weighted by Gasteiger charge is -2.13. The highest BCUT2D eigenvalue weighted by Crippen LogP contribution is 2.10. The summed E-state index contributed by atoms with van der Waals surface area (Å²) in [7, 11) is 1.37. The molecule has 0 fully saturated rings. The number of aryl methyl sites for hydroxylation is 1. The second-order valence-corrected chi connectivity index (χ2v) is 4.47. The molecule has 1 aromatic rings. The number of hydrogen-bond acceptors (Lipinski definition) is 5. The molecule has 0 aliphatic heterocycles. The number of aromatic nitrogens is 1. The molecular formula is C10H15N3O4S. The van der Waals surface area contributed by atoms with Gasteiger partial charge in [-0.2, -0.15) is 0 Å². The van der Waals surface area contributed by atoms with Crippen LogP contribution in [0.1, 0.15) is 10.6 Å². The van der Waals surface area contributed by atoms with Crippen molar-refractivity contribution >= 4 is 23.3 Å². The van der Waals surface area contributed by atoms with E-state index in [1.165, 1.54) is 18.4 Å². The molecule has 100 valence electrons. The Balaban J connectivity index is 2.41. The van der Waals surface area contributed by atoms with E-state index in [9.17, 15) is 9.59 Å². The second-order valence-electron chi connectivity index (χ2n) is 3.53. The highest BCUT2D eigenvalue weighted by molar-refractivity contribution is 7.09. The number of hydrogen-bond donors (Lipinski definition) is 3. The van der Waals surface area contributed by atoms with Gasteiger partial charge in [0, 0.05) is 12.0 Å². The number of carboxylic acids is 1. The molecule has 0 aromatic carbocycles. The first-order valence-corrected chi connectivity index (χ1v) is 6.07. The Hall–Kier alpha value is -1.67. The zero-order chi connectivity index (χ0) is 13.5. The first kappa shape index (κ1) is 14.4. The summed E-state index contributed by atoms with van der Waals surface area (Å²) in [5, 5.41) is 13.7. The molecule has 1 rings (SSSR count). The van der Waals surface area contributed by atoms with E-state index >= 15 is 0 Å². The topological polar surface area (TPSA) is 101 Å². The first-order chi connectivity index (χ1) is 8.54. The van der Waals surface area contributed by atoms with Crippen LogP contribution < -0.4 is 10.6 Å². The zero-order valence-corrected chi connectivity index (χ0v) is 10.9. The lowest BCUT2D eigenvalue weighted by atomic mass is 10.3. The molecule has 0 saturated heterocycles. The van der Waals surface area contributed by atoms with Gasteiger partial charge in [0.15, 0.2) is 6.04 Å². The predicted molar refractivity (Wildman–Crippen MR) is 65.5 cm³/mol. The number of methoxy groups -OCH3 is 1. The number of carboxylic acid groups (broad SMARTS) is 1. The van der Waals surface area contributed by atoms with Crippen LogP contribution in [-0.2, 0) is 16.1 Å². The van der Waals surface area contributed by atoms with Crippen molar-refractivity contribution in [2.24, 2.45) is 0 Å². The maximum atomic E-state index is 11.5. The van der Waals surface area contributed by atoms with Crippen LogP contribution in [0.15, 0.2) is 5.51 Å². The fourth-order valence-electron chi connectivity index (χ4n) is 1.21. The largest absolute Gasteiger partial charge is 0.480 e. The molecule has 0 aliphatic carbocycles. The SMILES string of the molecule is COCC(NC(=O)NCc1scnc1C)C(=O)O. The van der Waals surface area contributed by atoms with Crippen molar-refractivity contribution in [3.63, 3.8) is 0 Å². The number of urea groups is 1. The number of rotatable bonds is 6. The van der Waals surface area contributed by atoms with Crippen molar-refractivity contribution in [2.75, 3.05) is 13.7 Å². The van der Waals surface area contributed by atoms with Gasteiger partial charge in [-0.15, -0.1) is 11.3 Å². The van der Waals surface area contributed by atoms with E-state index in [1.807, 2.05) is 6.92 Å². The molecule has 0 bridgehead atoms. The Labute approximate surface area is 108 Å². The minimum Gasteiger partial charge on any atom is -0.480 e. The van der Waals surface area contributed by atoms with Crippen LogP contribution in [-0.4, -0.2) is 41.8 Å². The van der Waals surface area contributed by atoms with Gasteiger partial charge in [0.25, 0.3) is 0 Å². The fourth-order valence-corrected chi connectivity index (χ4v) is 1.92. The highest BCUT2D eigenvalue weighted by atomic mass is 32.1. The Morgan fingerprint density at radius 2 is 2.33 bits per heavy atom. The standard InChI is InChI=1S/C10H15N3O4S/c1-6-8(18-5-12-6)3-11-10(16)13-7(4-17-2)9(14)15/h5,7H,3-4H2,1-2H3,(H,14,15)(H2,11,13,16). The third kappa shape index (κ3) is 4.30. The molecule has 18 heavy (non-hydrogen) atoms. The third-order valence-electron chi connectivity index (χ3n) is 2.19. The maximum absolute atomic E-state index is 11.5. The smallest absolute Gasteiger partial charge is 0.328 e. The summed E-state index contributed by atoms with van der Waals surface area (Å²) in [6.07, 6.45) is 0. The molecule has 7 nitrogen and oxygen atoms in total. The number of aliphatic carboxylic acids is 1. The van der Waals surface area contributed by atoms with Crippen molar-refractivity contribution < 1.29 is 19.4 Å². The average molecular weight is 273 g/mol. The number of nitrogens with one attached hydrogen (secondary N) is 2. The molecule has 8 heteroatoms. The molecule has 0 saturated carbocycles. The van der Waals surface area contributed by atoms with Crippen molar-refractivity contribution in [3.05, 3.63) is 16.1 Å². The number of nitrogens with zero attached hydrogens (tertiary/aromatic N) is 1. The molecule has 1 atom stereocenters. The molecule has 0 aliphatic rings. The molecule has 1 unspecified atom stereocenters. The fraction of sp³-hybridized carbons (Fsp3) is 0.500. The number of amides is 2. The molecule has 2 amide bonds. The maximum Gasteiger partial charge on any atom is 0.328 e. The molecule has 0 spiro atoms. The van der Waals surface area contributed by atoms with Crippen molar-refractivity contribution in [2.45, 2.75) is 19.5 Å². The summed E-state index contributed by atoms with van der Waals surface area (Å²) in [5.41, 5.74) is 2.54. The van der Waals surface area contributed by atoms with Gasteiger partial charge in [0.1, 0.15) is 0 Å². The number of thiazole rings is 1. The summed E-state index contributed by atoms with van der Waals surface area (Å²) in [6, 6.07) is -1.61. The van der Waals surface area contributed by atoms with Gasteiger partial charge in [-0.05, 0) is 6.92 Å². The van der Waals surface area contributed by atoms with E-state index in [4.69, 9.17) is 9.84 Å². The predicted octanol–water partition coefficient (Wildman–Crippen LogP) is 0.350. The van der Waals surface area contributed by atoms with Gasteiger partial charge in [0.2, 0.25) is 0 Å². The number of carbonyl (C=O) groups excluding carboxylic acids is 1. The lowest BCUT2D eigenvalue weighted by Crippen LogP contribution is -2.48. The Morgan fingerprint density at radius 1 is 1.61 bits per heavy atom. The zero-order valence-electron chi connectivity index (χ0n) is 10.1. The highest BCUT2D eigenvalue weighted by Gasteiger charge is 2.19. The summed E-state index contributed by atoms with van der Waals surface area (Å²) < 4.78 is 4.70. The van der Waals surface area contributed by atoms with E-state index in [2.05, 4.69) is 15.6 Å². The van der Waals surface area contributed by atoms with E-state index < -0.39 is 18.0 Å². The van der Waals surface area contributed by atoms with Gasteiger partial charge in [-0.1, -0.05) is 0 Å². The van der Waals surface area contributed by atoms with Crippen LogP contribution in [0.3, 0.4) is 0 Å². The van der Waals surface area contributed by atoms with E-state index in [-0.39, 0.29) is 6.61 Å². The van der Waals surface area contributed by atoms with E-state index in [0.717, 1.165) is 10.6 Å². The van der Waals surface area contributed by atoms with Crippen LogP contribution in [0.25, 0.3) is 0 Å². The number of ether oxygens (including phenoxy) is 1. The monoisotopic (exact) mass is 273 g/mol. The van der Waals surface area contributed by atoms with Gasteiger partial charge >= 0.3 is 12.0 Å². The van der Waals surface area contributed by atoms with Crippen LogP contribution in [0.5, 0.6) is 0 Å². The first-order valence-electron chi connectivity index (χ1n) is 5.19. The van der Waals surface area contributed by atoms with E-state index in [0.29, 0.717) is 6.54 Å². The molecule has 3 N–H and O–H groups in total. The minimum atomic E-state index is -1.14. The summed E-state index contributed by atoms with van der Waals surface area (Å²) in [4.78, 5) is 27.2. The summed E-state index contributed by atoms with van der Waals surface area (Å²) in [5.74, 6) is -1.14. The van der Waals surface area contributed by atoms with Gasteiger partial charge in [0.05, 0.1) is 24.4 Å². The molecule has 0 radical (unpaired) electrons. The van der Waals surface area contributed by atoms with Crippen molar-refractivity contribution in [1.82, 2.24) is 15.6 Å². The molecule has 1 aromatic heterocycles. The van der Waals surface area contributed by atoms with Crippen molar-refractivity contribution in [1.29, 1.82) is 0 Å². The average Bonchev–Trinajstić information content (AvgIpc) is 2.71. The van der Waals surface area contributed by atoms with Crippen LogP contribution in [0.4, 0.5) is 4.79 Å². The van der Waals surface area contributed by atoms with Crippen molar-refractivity contribution in [3.8, 4) is 0 Å². The Bertz CT molecular complexity index is 421. The van der Waals surface area contributed by atoms with Gasteiger partial charge in [-0.25, -0.2) is 14.6 Å². The van der Waals surface area contributed by atoms with Gasteiger partial charge in [-0.3, -0.25) is 0 Å². The number of carbonyl (C=O) groups is 2. The lowest BCUT2D eigenvalue weighted by molar-refractivity contribution is -0.140. The Kier molecular flexibility index (Phi) is 5.53. The van der Waals surface area contributed by atoms with E-state index in [1.54, 1.807) is 5.51 Å².